The van der Waals surface area contributed by atoms with Crippen LogP contribution in [-0.4, -0.2) is 86.1 Å². The summed E-state index contributed by atoms with van der Waals surface area (Å²) in [5, 5.41) is 0. The Bertz CT molecular complexity index is 1740. The molecule has 1 fully saturated rings. The van der Waals surface area contributed by atoms with Gasteiger partial charge >= 0.3 is 23.9 Å². The van der Waals surface area contributed by atoms with Crippen molar-refractivity contribution in [3.63, 3.8) is 0 Å². The molecule has 0 bridgehead atoms. The van der Waals surface area contributed by atoms with Crippen molar-refractivity contribution < 1.29 is 57.1 Å². The van der Waals surface area contributed by atoms with Gasteiger partial charge in [-0.1, -0.05) is 37.4 Å². The summed E-state index contributed by atoms with van der Waals surface area (Å²) in [4.78, 5) is 57.0. The lowest BCUT2D eigenvalue weighted by atomic mass is 10.1. The van der Waals surface area contributed by atoms with E-state index in [0.717, 1.165) is 23.3 Å². The van der Waals surface area contributed by atoms with Gasteiger partial charge < -0.3 is 37.9 Å². The highest BCUT2D eigenvalue weighted by atomic mass is 16.8. The normalized spacial score (nSPS) is 14.9. The molecule has 5 rings (SSSR count). The Kier molecular flexibility index (Phi) is 14.4. The second kappa shape index (κ2) is 20.0. The van der Waals surface area contributed by atoms with Crippen molar-refractivity contribution >= 4 is 23.9 Å². The summed E-state index contributed by atoms with van der Waals surface area (Å²) in [6.07, 6.45) is 3.83. The van der Waals surface area contributed by atoms with Crippen LogP contribution < -0.4 is 9.47 Å². The van der Waals surface area contributed by atoms with E-state index >= 15 is 0 Å². The maximum absolute atomic E-state index is 13.0. The van der Waals surface area contributed by atoms with Gasteiger partial charge in [-0.2, -0.15) is 0 Å². The molecule has 54 heavy (non-hydrogen) atoms. The fourth-order valence-electron chi connectivity index (χ4n) is 4.80. The monoisotopic (exact) mass is 738 g/mol. The van der Waals surface area contributed by atoms with Crippen molar-refractivity contribution in [3.05, 3.63) is 122 Å². The predicted octanol–water partition coefficient (Wildman–Crippen LogP) is 5.52. The zero-order chi connectivity index (χ0) is 38.1. The van der Waals surface area contributed by atoms with Gasteiger partial charge in [0.2, 0.25) is 0 Å². The highest BCUT2D eigenvalue weighted by molar-refractivity contribution is 5.91. The van der Waals surface area contributed by atoms with Crippen LogP contribution in [0.4, 0.5) is 0 Å². The van der Waals surface area contributed by atoms with E-state index in [1.54, 1.807) is 85.2 Å². The summed E-state index contributed by atoms with van der Waals surface area (Å²) >= 11 is 0. The minimum Gasteiger partial charge on any atom is -0.492 e. The molecule has 2 atom stereocenters. The number of rotatable bonds is 18. The van der Waals surface area contributed by atoms with Gasteiger partial charge in [0.1, 0.15) is 11.5 Å². The predicted molar refractivity (Wildman–Crippen MR) is 192 cm³/mol. The summed E-state index contributed by atoms with van der Waals surface area (Å²) in [6, 6.07) is 20.3. The molecule has 1 aliphatic heterocycles. The molecule has 1 aliphatic rings. The number of hydrogen-bond acceptors (Lipinski definition) is 14. The number of carbonyl (C=O) groups is 4. The van der Waals surface area contributed by atoms with Crippen molar-refractivity contribution in [1.29, 1.82) is 0 Å². The van der Waals surface area contributed by atoms with E-state index in [0.29, 0.717) is 48.9 Å². The largest absolute Gasteiger partial charge is 0.492 e. The van der Waals surface area contributed by atoms with Crippen molar-refractivity contribution in [2.24, 2.45) is 0 Å². The van der Waals surface area contributed by atoms with E-state index in [1.165, 1.54) is 0 Å². The average Bonchev–Trinajstić information content (AvgIpc) is 3.21. The highest BCUT2D eigenvalue weighted by Crippen LogP contribution is 2.24. The fraction of sp³-hybridized carbons (Fsp3) is 0.250. The number of carbonyl (C=O) groups excluding carboxylic acids is 4. The van der Waals surface area contributed by atoms with Gasteiger partial charge in [0.05, 0.1) is 74.5 Å². The second-order valence-corrected chi connectivity index (χ2v) is 11.3. The summed E-state index contributed by atoms with van der Waals surface area (Å²) in [6.45, 7) is 8.10. The van der Waals surface area contributed by atoms with Gasteiger partial charge in [-0.3, -0.25) is 9.97 Å². The quantitative estimate of drug-likeness (QED) is 0.0542. The van der Waals surface area contributed by atoms with E-state index in [2.05, 4.69) is 23.1 Å². The number of nitrogens with zero attached hydrogens (tertiary/aromatic N) is 2. The maximum Gasteiger partial charge on any atom is 0.340 e. The summed E-state index contributed by atoms with van der Waals surface area (Å²) in [5.41, 5.74) is 3.30. The van der Waals surface area contributed by atoms with E-state index < -0.39 is 36.5 Å². The lowest BCUT2D eigenvalue weighted by molar-refractivity contribution is -0.288. The van der Waals surface area contributed by atoms with E-state index in [4.69, 9.17) is 37.9 Å². The van der Waals surface area contributed by atoms with Gasteiger partial charge in [-0.15, -0.1) is 0 Å². The lowest BCUT2D eigenvalue weighted by Crippen LogP contribution is -2.44. The summed E-state index contributed by atoms with van der Waals surface area (Å²) in [5.74, 6) is -1.24. The molecule has 0 saturated carbocycles. The van der Waals surface area contributed by atoms with Gasteiger partial charge in [-0.25, -0.2) is 19.2 Å². The van der Waals surface area contributed by atoms with E-state index in [1.807, 2.05) is 0 Å². The molecule has 0 N–H and O–H groups in total. The number of ether oxygens (including phenoxy) is 8. The molecule has 3 heterocycles. The van der Waals surface area contributed by atoms with E-state index in [9.17, 15) is 19.2 Å². The van der Waals surface area contributed by atoms with Gasteiger partial charge in [0.15, 0.2) is 0 Å². The zero-order valence-corrected chi connectivity index (χ0v) is 29.3. The first-order valence-electron chi connectivity index (χ1n) is 16.9. The minimum absolute atomic E-state index is 0.135. The molecule has 2 aromatic heterocycles. The molecular formula is C40H38N2O12. The number of pyridine rings is 2. The first-order valence-corrected chi connectivity index (χ1v) is 16.9. The summed E-state index contributed by atoms with van der Waals surface area (Å²) < 4.78 is 43.3. The minimum atomic E-state index is -1.29. The fourth-order valence-corrected chi connectivity index (χ4v) is 4.80. The molecule has 4 aromatic rings. The number of esters is 4. The van der Waals surface area contributed by atoms with Crippen LogP contribution in [0.25, 0.3) is 22.5 Å². The molecule has 14 nitrogen and oxygen atoms in total. The Balaban J connectivity index is 1.08. The molecule has 2 aromatic carbocycles. The molecule has 0 spiro atoms. The molecule has 280 valence electrons. The van der Waals surface area contributed by atoms with Gasteiger partial charge in [0, 0.05) is 36.1 Å². The number of benzene rings is 2. The molecule has 14 heteroatoms. The van der Waals surface area contributed by atoms with Crippen LogP contribution in [0.15, 0.2) is 111 Å². The van der Waals surface area contributed by atoms with Crippen molar-refractivity contribution in [3.8, 4) is 34.0 Å². The second-order valence-electron chi connectivity index (χ2n) is 11.3. The van der Waals surface area contributed by atoms with Crippen LogP contribution in [0, 0.1) is 0 Å². The van der Waals surface area contributed by atoms with Crippen LogP contribution in [0.2, 0.25) is 0 Å². The molecule has 1 saturated heterocycles. The van der Waals surface area contributed by atoms with Crippen molar-refractivity contribution in [2.75, 3.05) is 39.6 Å². The van der Waals surface area contributed by atoms with Crippen LogP contribution >= 0.6 is 0 Å². The molecule has 0 aliphatic carbocycles. The molecule has 2 unspecified atom stereocenters. The highest BCUT2D eigenvalue weighted by Gasteiger charge is 2.34. The van der Waals surface area contributed by atoms with Gasteiger partial charge in [0.25, 0.3) is 12.6 Å². The number of hydrogen-bond donors (Lipinski definition) is 0. The Morgan fingerprint density at radius 2 is 1.00 bits per heavy atom. The Morgan fingerprint density at radius 1 is 0.593 bits per heavy atom. The third kappa shape index (κ3) is 11.6. The Labute approximate surface area is 311 Å². The van der Waals surface area contributed by atoms with Crippen LogP contribution in [0.3, 0.4) is 0 Å². The SMILES string of the molecule is C=CC(=O)OCCCOc1ccc(-c2ccc(C(=O)OC3OCCOC3OC(=O)c3ccc(-c4ccc(OCCCOC(=O)C=C)cn4)cc3)cc2)nc1. The molecular weight excluding hydrogens is 700 g/mol. The third-order valence-electron chi connectivity index (χ3n) is 7.56. The average molecular weight is 739 g/mol. The van der Waals surface area contributed by atoms with Crippen LogP contribution in [0.1, 0.15) is 33.6 Å². The molecule has 0 amide bonds. The smallest absolute Gasteiger partial charge is 0.340 e. The third-order valence-corrected chi connectivity index (χ3v) is 7.56. The number of aromatic nitrogens is 2. The standard InChI is InChI=1S/C40H38N2O12/c1-3-35(43)49-21-5-19-47-31-15-17-33(41-25-31)27-7-11-29(12-8-27)37(45)53-39-40(52-24-23-51-39)54-38(46)30-13-9-28(10-14-30)34-18-16-32(26-42-34)48-20-6-22-50-36(44)4-2/h3-4,7-18,25-26,39-40H,1-2,5-6,19-24H2. The van der Waals surface area contributed by atoms with E-state index in [-0.39, 0.29) is 37.6 Å². The lowest BCUT2D eigenvalue weighted by Gasteiger charge is -2.30. The maximum atomic E-state index is 13.0. The zero-order valence-electron chi connectivity index (χ0n) is 29.3. The van der Waals surface area contributed by atoms with Crippen LogP contribution in [0.5, 0.6) is 11.5 Å². The molecule has 0 radical (unpaired) electrons. The first-order chi connectivity index (χ1) is 26.3. The Hall–Kier alpha value is -6.38. The van der Waals surface area contributed by atoms with Gasteiger partial charge in [-0.05, 0) is 48.5 Å². The van der Waals surface area contributed by atoms with Crippen molar-refractivity contribution in [1.82, 2.24) is 9.97 Å². The van der Waals surface area contributed by atoms with Crippen LogP contribution in [-0.2, 0) is 38.0 Å². The summed E-state index contributed by atoms with van der Waals surface area (Å²) in [7, 11) is 0. The topological polar surface area (TPSA) is 168 Å². The van der Waals surface area contributed by atoms with Crippen molar-refractivity contribution in [2.45, 2.75) is 25.4 Å². The first kappa shape index (κ1) is 38.8. The Morgan fingerprint density at radius 3 is 1.35 bits per heavy atom.